The molecule has 16 heteroatoms. The van der Waals surface area contributed by atoms with E-state index >= 15 is 0 Å². The van der Waals surface area contributed by atoms with Crippen molar-refractivity contribution in [3.8, 4) is 40.2 Å². The van der Waals surface area contributed by atoms with E-state index in [2.05, 4.69) is 92.1 Å². The van der Waals surface area contributed by atoms with Crippen LogP contribution in [0.3, 0.4) is 0 Å². The maximum Gasteiger partial charge on any atom is 0.333 e. The first-order chi connectivity index (χ1) is 47.0. The summed E-state index contributed by atoms with van der Waals surface area (Å²) in [6.07, 6.45) is 20.6. The van der Waals surface area contributed by atoms with Gasteiger partial charge in [0.1, 0.15) is 40.2 Å². The smallest absolute Gasteiger partial charge is 0.333 e. The second-order valence-electron chi connectivity index (χ2n) is 26.1. The zero-order chi connectivity index (χ0) is 67.2. The summed E-state index contributed by atoms with van der Waals surface area (Å²) in [4.78, 5) is 40.7. The van der Waals surface area contributed by atoms with Gasteiger partial charge in [0.25, 0.3) is 0 Å². The van der Waals surface area contributed by atoms with Crippen molar-refractivity contribution in [3.63, 3.8) is 0 Å². The fourth-order valence-corrected chi connectivity index (χ4v) is 12.8. The van der Waals surface area contributed by atoms with Crippen molar-refractivity contribution >= 4 is 50.8 Å². The summed E-state index contributed by atoms with van der Waals surface area (Å²) in [6.45, 7) is 16.5. The first-order valence-electron chi connectivity index (χ1n) is 35.8. The maximum absolute atomic E-state index is 13.5. The molecule has 3 fully saturated rings. The molecule has 0 bridgehead atoms. The second kappa shape index (κ2) is 39.1. The number of unbranched alkanes of at least 4 members (excludes halogenated alkanes) is 9. The van der Waals surface area contributed by atoms with Gasteiger partial charge in [-0.2, -0.15) is 0 Å². The third-order valence-electron chi connectivity index (χ3n) is 18.8. The van der Waals surface area contributed by atoms with Gasteiger partial charge < -0.3 is 61.7 Å². The van der Waals surface area contributed by atoms with Crippen LogP contribution in [0.4, 0.5) is 11.4 Å². The summed E-state index contributed by atoms with van der Waals surface area (Å²) in [5.41, 5.74) is 2.42. The lowest BCUT2D eigenvalue weighted by Gasteiger charge is -2.40. The van der Waals surface area contributed by atoms with Crippen LogP contribution in [-0.4, -0.2) is 110 Å². The molecule has 6 aromatic carbocycles. The Hall–Kier alpha value is -7.37. The normalized spacial score (nSPS) is 18.5. The van der Waals surface area contributed by atoms with E-state index < -0.39 is 0 Å². The Bertz CT molecular complexity index is 3310. The van der Waals surface area contributed by atoms with Crippen LogP contribution < -0.4 is 38.1 Å². The van der Waals surface area contributed by atoms with Crippen LogP contribution in [0.15, 0.2) is 127 Å². The standard InChI is InChI=1S/C80H105NO15/c1-6-8-9-14-45-87-66-29-27-65(28-30-66)81(44-51-86-53-52-85-5)76-55-64-54-71(91-57-60-19-23-62(24-20-60)78(83)95-69-35-31-67(32-36-69)88-46-15-10-11-17-48-90-77(82)59(3)4)39-41-73(64)74-42-40-72(56-75(74)76)92-58-61-21-25-63(26-22-61)79(84)96-70-37-33-68(34-38-70)89-47-16-12-13-18-49-93-80(7-2)43-50-94-80/h27-42,54-56,60-63H,3,6-26,43-53,57-58H2,1-2,4-5H3. The minimum atomic E-state index is -0.345. The zero-order valence-corrected chi connectivity index (χ0v) is 57.6. The summed E-state index contributed by atoms with van der Waals surface area (Å²) >= 11 is 0. The molecule has 0 amide bonds. The minimum Gasteiger partial charge on any atom is -0.494 e. The van der Waals surface area contributed by atoms with Crippen molar-refractivity contribution < 1.29 is 71.2 Å². The summed E-state index contributed by atoms with van der Waals surface area (Å²) in [5.74, 6) is 4.14. The van der Waals surface area contributed by atoms with Gasteiger partial charge in [0.05, 0.1) is 84.5 Å². The fourth-order valence-electron chi connectivity index (χ4n) is 12.8. The molecule has 96 heavy (non-hydrogen) atoms. The van der Waals surface area contributed by atoms with Gasteiger partial charge in [-0.15, -0.1) is 0 Å². The fraction of sp³-hybridized carbons (Fsp3) is 0.537. The number of nitrogens with zero attached hydrogens (tertiary/aromatic N) is 1. The molecule has 1 atom stereocenters. The molecule has 0 radical (unpaired) electrons. The van der Waals surface area contributed by atoms with Gasteiger partial charge in [-0.05, 0) is 253 Å². The van der Waals surface area contributed by atoms with Crippen molar-refractivity contribution in [2.45, 2.75) is 168 Å². The zero-order valence-electron chi connectivity index (χ0n) is 57.6. The van der Waals surface area contributed by atoms with Gasteiger partial charge in [0.2, 0.25) is 0 Å². The summed E-state index contributed by atoms with van der Waals surface area (Å²) in [7, 11) is 1.68. The van der Waals surface area contributed by atoms with Gasteiger partial charge in [-0.3, -0.25) is 9.59 Å². The van der Waals surface area contributed by atoms with Crippen molar-refractivity contribution in [3.05, 3.63) is 127 Å². The average Bonchev–Trinajstić information content (AvgIpc) is 0.754. The first-order valence-corrected chi connectivity index (χ1v) is 35.8. The highest BCUT2D eigenvalue weighted by atomic mass is 16.7. The number of fused-ring (bicyclic) bond motifs is 3. The lowest BCUT2D eigenvalue weighted by Crippen LogP contribution is -2.45. The molecule has 1 saturated heterocycles. The first kappa shape index (κ1) is 72.9. The highest BCUT2D eigenvalue weighted by molar-refractivity contribution is 6.14. The van der Waals surface area contributed by atoms with Gasteiger partial charge in [-0.1, -0.05) is 52.2 Å². The SMILES string of the molecule is C=C(C)C(=O)OCCCCCCOc1ccc(OC(=O)C2CCC(COc3ccc4c(c3)cc(N(CCOCCOC)c3ccc(OCCCCCC)cc3)c3cc(OCC5CCC(C(=O)Oc6ccc(OCCCCCCOC7(CC)CCO7)cc6)CC5)ccc34)CC2)cc1. The Balaban J connectivity index is 0.786. The number of ether oxygens (including phenoxy) is 12. The van der Waals surface area contributed by atoms with Gasteiger partial charge in [0, 0.05) is 42.4 Å². The van der Waals surface area contributed by atoms with E-state index in [1.54, 1.807) is 26.2 Å². The molecular formula is C80H105NO15. The summed E-state index contributed by atoms with van der Waals surface area (Å²) in [6, 6.07) is 38.1. The van der Waals surface area contributed by atoms with Crippen LogP contribution in [0.2, 0.25) is 0 Å². The molecule has 1 heterocycles. The summed E-state index contributed by atoms with van der Waals surface area (Å²) < 4.78 is 71.5. The van der Waals surface area contributed by atoms with Crippen LogP contribution in [-0.2, 0) is 38.1 Å². The van der Waals surface area contributed by atoms with E-state index in [0.29, 0.717) is 94.9 Å². The number of hydrogen-bond donors (Lipinski definition) is 0. The van der Waals surface area contributed by atoms with E-state index in [1.807, 2.05) is 36.4 Å². The number of carbonyl (C=O) groups is 3. The molecule has 0 N–H and O–H groups in total. The largest absolute Gasteiger partial charge is 0.494 e. The van der Waals surface area contributed by atoms with E-state index in [-0.39, 0.29) is 35.5 Å². The van der Waals surface area contributed by atoms with Crippen LogP contribution in [0, 0.1) is 23.7 Å². The Morgan fingerprint density at radius 3 is 1.48 bits per heavy atom. The predicted molar refractivity (Wildman–Crippen MR) is 377 cm³/mol. The molecular weight excluding hydrogens is 1210 g/mol. The molecule has 6 aromatic rings. The highest BCUT2D eigenvalue weighted by Crippen LogP contribution is 2.42. The monoisotopic (exact) mass is 1320 g/mol. The number of esters is 3. The van der Waals surface area contributed by atoms with Gasteiger partial charge in [-0.25, -0.2) is 4.79 Å². The van der Waals surface area contributed by atoms with Gasteiger partial charge in [0.15, 0.2) is 5.79 Å². The number of anilines is 2. The Morgan fingerprint density at radius 1 is 0.500 bits per heavy atom. The quantitative estimate of drug-likeness (QED) is 0.0117. The molecule has 3 aliphatic rings. The average molecular weight is 1320 g/mol. The molecule has 1 unspecified atom stereocenters. The topological polar surface area (TPSA) is 165 Å². The van der Waals surface area contributed by atoms with Crippen LogP contribution in [0.25, 0.3) is 21.5 Å². The van der Waals surface area contributed by atoms with Crippen molar-refractivity contribution in [1.29, 1.82) is 0 Å². The molecule has 2 saturated carbocycles. The van der Waals surface area contributed by atoms with Crippen LogP contribution in [0.5, 0.6) is 40.2 Å². The minimum absolute atomic E-state index is 0.167. The molecule has 0 spiro atoms. The van der Waals surface area contributed by atoms with E-state index in [1.165, 1.54) is 12.8 Å². The lowest BCUT2D eigenvalue weighted by atomic mass is 9.82. The number of rotatable bonds is 43. The molecule has 9 rings (SSSR count). The Kier molecular flexibility index (Phi) is 29.7. The maximum atomic E-state index is 13.5. The molecule has 16 nitrogen and oxygen atoms in total. The highest BCUT2D eigenvalue weighted by Gasteiger charge is 2.37. The number of hydrogen-bond acceptors (Lipinski definition) is 16. The molecule has 0 aromatic heterocycles. The number of methoxy groups -OCH3 is 1. The summed E-state index contributed by atoms with van der Waals surface area (Å²) in [5, 5.41) is 4.27. The Labute approximate surface area is 569 Å². The van der Waals surface area contributed by atoms with Crippen LogP contribution >= 0.6 is 0 Å². The van der Waals surface area contributed by atoms with E-state index in [0.717, 1.165) is 203 Å². The molecule has 2 aliphatic carbocycles. The van der Waals surface area contributed by atoms with Crippen molar-refractivity contribution in [1.82, 2.24) is 0 Å². The van der Waals surface area contributed by atoms with Crippen molar-refractivity contribution in [2.75, 3.05) is 91.2 Å². The van der Waals surface area contributed by atoms with Gasteiger partial charge >= 0.3 is 17.9 Å². The van der Waals surface area contributed by atoms with E-state index in [4.69, 9.17) is 56.8 Å². The lowest BCUT2D eigenvalue weighted by molar-refractivity contribution is -0.308. The molecule has 520 valence electrons. The third-order valence-corrected chi connectivity index (χ3v) is 18.8. The molecule has 1 aliphatic heterocycles. The second-order valence-corrected chi connectivity index (χ2v) is 26.1. The Morgan fingerprint density at radius 2 is 0.979 bits per heavy atom. The number of carbonyl (C=O) groups excluding carboxylic acids is 3. The number of benzene rings is 6. The third kappa shape index (κ3) is 22.9. The predicted octanol–water partition coefficient (Wildman–Crippen LogP) is 17.9. The van der Waals surface area contributed by atoms with Crippen molar-refractivity contribution in [2.24, 2.45) is 23.7 Å². The van der Waals surface area contributed by atoms with E-state index in [9.17, 15) is 14.4 Å². The van der Waals surface area contributed by atoms with Crippen LogP contribution in [0.1, 0.15) is 162 Å².